The fourth-order valence-corrected chi connectivity index (χ4v) is 3.48. The second-order valence-electron chi connectivity index (χ2n) is 8.23. The molecule has 1 aliphatic heterocycles. The Morgan fingerprint density at radius 2 is 1.96 bits per heavy atom. The quantitative estimate of drug-likeness (QED) is 0.791. The molecule has 1 atom stereocenters. The molecule has 1 fully saturated rings. The summed E-state index contributed by atoms with van der Waals surface area (Å²) in [7, 11) is -1.77. The molecule has 6 heteroatoms. The predicted molar refractivity (Wildman–Crippen MR) is 103 cm³/mol. The van der Waals surface area contributed by atoms with E-state index in [0.29, 0.717) is 19.8 Å². The van der Waals surface area contributed by atoms with Crippen LogP contribution in [-0.4, -0.2) is 38.6 Å². The molecule has 1 saturated heterocycles. The van der Waals surface area contributed by atoms with Crippen molar-refractivity contribution in [2.45, 2.75) is 64.4 Å². The number of hydrazine groups is 1. The van der Waals surface area contributed by atoms with Crippen LogP contribution < -0.4 is 5.43 Å². The van der Waals surface area contributed by atoms with Crippen molar-refractivity contribution in [3.05, 3.63) is 35.9 Å². The summed E-state index contributed by atoms with van der Waals surface area (Å²) >= 11 is 0. The van der Waals surface area contributed by atoms with Gasteiger partial charge in [-0.25, -0.2) is 15.2 Å². The maximum atomic E-state index is 12.3. The molecule has 0 bridgehead atoms. The minimum atomic E-state index is -1.77. The van der Waals surface area contributed by atoms with Crippen molar-refractivity contribution in [1.82, 2.24) is 10.4 Å². The van der Waals surface area contributed by atoms with Gasteiger partial charge in [-0.1, -0.05) is 51.1 Å². The highest BCUT2D eigenvalue weighted by atomic mass is 28.4. The number of carbonyl (C=O) groups excluding carboxylic acids is 1. The van der Waals surface area contributed by atoms with Crippen LogP contribution in [-0.2, 0) is 15.8 Å². The van der Waals surface area contributed by atoms with Gasteiger partial charge in [-0.15, -0.1) is 0 Å². The van der Waals surface area contributed by atoms with Crippen molar-refractivity contribution in [2.75, 3.05) is 13.2 Å². The molecule has 1 amide bonds. The number of amides is 1. The predicted octanol–water partition coefficient (Wildman–Crippen LogP) is 4.31. The lowest BCUT2D eigenvalue weighted by Crippen LogP contribution is -2.55. The maximum Gasteiger partial charge on any atom is 0.424 e. The summed E-state index contributed by atoms with van der Waals surface area (Å²) in [5, 5.41) is 1.78. The van der Waals surface area contributed by atoms with Gasteiger partial charge in [0.1, 0.15) is 6.61 Å². The lowest BCUT2D eigenvalue weighted by atomic mass is 10.1. The molecule has 0 aromatic heterocycles. The first-order chi connectivity index (χ1) is 11.7. The third-order valence-corrected chi connectivity index (χ3v) is 9.65. The van der Waals surface area contributed by atoms with Gasteiger partial charge in [0.25, 0.3) is 0 Å². The highest BCUT2D eigenvalue weighted by molar-refractivity contribution is 6.74. The number of hydrogen-bond acceptors (Lipinski definition) is 4. The Hall–Kier alpha value is -1.37. The molecule has 1 heterocycles. The van der Waals surface area contributed by atoms with Crippen LogP contribution in [0.5, 0.6) is 0 Å². The average molecular weight is 365 g/mol. The minimum absolute atomic E-state index is 0.159. The first-order valence-electron chi connectivity index (χ1n) is 9.07. The molecule has 1 N–H and O–H groups in total. The summed E-state index contributed by atoms with van der Waals surface area (Å²) in [5.74, 6) is 0. The van der Waals surface area contributed by atoms with E-state index in [2.05, 4.69) is 39.3 Å². The zero-order valence-corrected chi connectivity index (χ0v) is 17.2. The van der Waals surface area contributed by atoms with E-state index in [1.54, 1.807) is 5.01 Å². The summed E-state index contributed by atoms with van der Waals surface area (Å²) < 4.78 is 11.7. The van der Waals surface area contributed by atoms with Crippen molar-refractivity contribution in [3.63, 3.8) is 0 Å². The molecular formula is C19H32N2O3Si. The third kappa shape index (κ3) is 5.83. The van der Waals surface area contributed by atoms with E-state index >= 15 is 0 Å². The standard InChI is InChI=1S/C19H32N2O3Si/c1-19(2,3)25(4,5)24-15-17-12-9-13-21(20-17)18(22)23-14-16-10-7-6-8-11-16/h6-8,10-11,17,20H,9,12-15H2,1-5H3/t17-/m0/s1. The summed E-state index contributed by atoms with van der Waals surface area (Å²) in [6.07, 6.45) is 1.65. The van der Waals surface area contributed by atoms with Gasteiger partial charge in [0.15, 0.2) is 8.32 Å². The zero-order chi connectivity index (χ0) is 18.5. The van der Waals surface area contributed by atoms with Crippen LogP contribution in [0.2, 0.25) is 18.1 Å². The number of carbonyl (C=O) groups is 1. The molecule has 25 heavy (non-hydrogen) atoms. The molecule has 2 rings (SSSR count). The largest absolute Gasteiger partial charge is 0.444 e. The minimum Gasteiger partial charge on any atom is -0.444 e. The Bertz CT molecular complexity index is 558. The number of nitrogens with zero attached hydrogens (tertiary/aromatic N) is 1. The first kappa shape index (κ1) is 19.9. The van der Waals surface area contributed by atoms with Gasteiger partial charge >= 0.3 is 6.09 Å². The first-order valence-corrected chi connectivity index (χ1v) is 12.0. The Balaban J connectivity index is 1.80. The Kier molecular flexibility index (Phi) is 6.65. The van der Waals surface area contributed by atoms with Crippen molar-refractivity contribution in [2.24, 2.45) is 0 Å². The van der Waals surface area contributed by atoms with Crippen LogP contribution in [0.15, 0.2) is 30.3 Å². The normalized spacial score (nSPS) is 18.9. The summed E-state index contributed by atoms with van der Waals surface area (Å²) in [6, 6.07) is 9.89. The van der Waals surface area contributed by atoms with E-state index in [1.807, 2.05) is 30.3 Å². The second kappa shape index (κ2) is 8.34. The van der Waals surface area contributed by atoms with Crippen LogP contribution >= 0.6 is 0 Å². The number of ether oxygens (including phenoxy) is 1. The molecule has 0 unspecified atom stereocenters. The van der Waals surface area contributed by atoms with E-state index in [4.69, 9.17) is 9.16 Å². The Morgan fingerprint density at radius 3 is 2.60 bits per heavy atom. The van der Waals surface area contributed by atoms with Crippen molar-refractivity contribution < 1.29 is 14.0 Å². The van der Waals surface area contributed by atoms with E-state index in [1.165, 1.54) is 0 Å². The third-order valence-electron chi connectivity index (χ3n) is 5.15. The molecule has 0 radical (unpaired) electrons. The van der Waals surface area contributed by atoms with Gasteiger partial charge in [-0.2, -0.15) is 0 Å². The summed E-state index contributed by atoms with van der Waals surface area (Å²) in [4.78, 5) is 12.3. The number of rotatable bonds is 5. The highest BCUT2D eigenvalue weighted by Gasteiger charge is 2.38. The van der Waals surface area contributed by atoms with Gasteiger partial charge in [0.2, 0.25) is 0 Å². The molecule has 5 nitrogen and oxygen atoms in total. The monoisotopic (exact) mass is 364 g/mol. The highest BCUT2D eigenvalue weighted by Crippen LogP contribution is 2.36. The molecule has 1 aromatic rings. The van der Waals surface area contributed by atoms with Crippen molar-refractivity contribution in [3.8, 4) is 0 Å². The molecule has 1 aliphatic rings. The second-order valence-corrected chi connectivity index (χ2v) is 13.0. The Labute approximate surface area is 152 Å². The SMILES string of the molecule is CC(C)(C)[Si](C)(C)OC[C@@H]1CCCN(C(=O)OCc2ccccc2)N1. The van der Waals surface area contributed by atoms with Gasteiger partial charge in [0, 0.05) is 12.6 Å². The van der Waals surface area contributed by atoms with Crippen LogP contribution in [0.4, 0.5) is 4.79 Å². The fourth-order valence-electron chi connectivity index (χ4n) is 2.43. The van der Waals surface area contributed by atoms with Crippen LogP contribution in [0.25, 0.3) is 0 Å². The van der Waals surface area contributed by atoms with E-state index in [-0.39, 0.29) is 17.2 Å². The fraction of sp³-hybridized carbons (Fsp3) is 0.632. The van der Waals surface area contributed by atoms with E-state index < -0.39 is 8.32 Å². The Morgan fingerprint density at radius 1 is 1.28 bits per heavy atom. The average Bonchev–Trinajstić information content (AvgIpc) is 2.58. The zero-order valence-electron chi connectivity index (χ0n) is 16.2. The molecule has 0 aliphatic carbocycles. The lowest BCUT2D eigenvalue weighted by Gasteiger charge is -2.39. The number of nitrogens with one attached hydrogen (secondary N) is 1. The van der Waals surface area contributed by atoms with Crippen LogP contribution in [0.1, 0.15) is 39.2 Å². The summed E-state index contributed by atoms with van der Waals surface area (Å²) in [5.41, 5.74) is 4.26. The van der Waals surface area contributed by atoms with Crippen LogP contribution in [0.3, 0.4) is 0 Å². The molecule has 0 spiro atoms. The van der Waals surface area contributed by atoms with Crippen molar-refractivity contribution in [1.29, 1.82) is 0 Å². The van der Waals surface area contributed by atoms with Gasteiger partial charge < -0.3 is 9.16 Å². The molecular weight excluding hydrogens is 332 g/mol. The number of benzene rings is 1. The number of hydrogen-bond donors (Lipinski definition) is 1. The van der Waals surface area contributed by atoms with Gasteiger partial charge in [-0.05, 0) is 36.5 Å². The topological polar surface area (TPSA) is 50.8 Å². The molecule has 0 saturated carbocycles. The smallest absolute Gasteiger partial charge is 0.424 e. The van der Waals surface area contributed by atoms with Gasteiger partial charge in [-0.3, -0.25) is 0 Å². The summed E-state index contributed by atoms with van der Waals surface area (Å²) in [6.45, 7) is 12.8. The van der Waals surface area contributed by atoms with Crippen LogP contribution in [0, 0.1) is 0 Å². The van der Waals surface area contributed by atoms with Gasteiger partial charge in [0.05, 0.1) is 6.61 Å². The molecule has 1 aromatic carbocycles. The lowest BCUT2D eigenvalue weighted by molar-refractivity contribution is 0.0455. The van der Waals surface area contributed by atoms with E-state index in [0.717, 1.165) is 18.4 Å². The maximum absolute atomic E-state index is 12.3. The van der Waals surface area contributed by atoms with Crippen molar-refractivity contribution >= 4 is 14.4 Å². The molecule has 140 valence electrons. The van der Waals surface area contributed by atoms with E-state index in [9.17, 15) is 4.79 Å².